The summed E-state index contributed by atoms with van der Waals surface area (Å²) in [6.45, 7) is 0. The molecule has 4 heteroatoms. The van der Waals surface area contributed by atoms with Crippen LogP contribution in [0.1, 0.15) is 43.7 Å². The van der Waals surface area contributed by atoms with Gasteiger partial charge < -0.3 is 0 Å². The number of hydrogen-bond acceptors (Lipinski definition) is 2. The quantitative estimate of drug-likeness (QED) is 0.774. The highest BCUT2D eigenvalue weighted by molar-refractivity contribution is 6.14. The number of amides is 3. The van der Waals surface area contributed by atoms with Gasteiger partial charge in [0.1, 0.15) is 6.04 Å². The van der Waals surface area contributed by atoms with Crippen molar-refractivity contribution in [1.82, 2.24) is 4.90 Å². The van der Waals surface area contributed by atoms with Crippen LogP contribution in [0.5, 0.6) is 0 Å². The van der Waals surface area contributed by atoms with E-state index in [2.05, 4.69) is 0 Å². The van der Waals surface area contributed by atoms with E-state index in [-0.39, 0.29) is 18.0 Å². The summed E-state index contributed by atoms with van der Waals surface area (Å²) in [5.74, 6) is -0.0908. The van der Waals surface area contributed by atoms with Gasteiger partial charge in [0.05, 0.1) is 0 Å². The van der Waals surface area contributed by atoms with E-state index in [0.717, 1.165) is 36.9 Å². The molecule has 1 saturated heterocycles. The van der Waals surface area contributed by atoms with Crippen LogP contribution in [0.2, 0.25) is 0 Å². The minimum atomic E-state index is -0.571. The number of imide groups is 1. The first-order chi connectivity index (χ1) is 12.3. The third-order valence-electron chi connectivity index (χ3n) is 5.23. The number of para-hydroxylation sites is 1. The van der Waals surface area contributed by atoms with Crippen molar-refractivity contribution < 1.29 is 9.59 Å². The molecule has 0 spiro atoms. The van der Waals surface area contributed by atoms with Crippen LogP contribution in [0, 0.1) is 0 Å². The maximum atomic E-state index is 13.3. The lowest BCUT2D eigenvalue weighted by Gasteiger charge is -2.29. The first-order valence-electron chi connectivity index (χ1n) is 9.03. The van der Waals surface area contributed by atoms with Crippen LogP contribution in [0.4, 0.5) is 10.5 Å². The van der Waals surface area contributed by atoms with E-state index in [0.29, 0.717) is 0 Å². The summed E-state index contributed by atoms with van der Waals surface area (Å²) in [5, 5.41) is 0. The average Bonchev–Trinajstić information content (AvgIpc) is 2.94. The van der Waals surface area contributed by atoms with Gasteiger partial charge in [-0.25, -0.2) is 4.79 Å². The molecule has 0 N–H and O–H groups in total. The van der Waals surface area contributed by atoms with Gasteiger partial charge in [-0.2, -0.15) is 0 Å². The fourth-order valence-electron chi connectivity index (χ4n) is 4.01. The van der Waals surface area contributed by atoms with Gasteiger partial charge in [0.15, 0.2) is 0 Å². The molecule has 1 heterocycles. The Hall–Kier alpha value is -2.62. The van der Waals surface area contributed by atoms with Crippen molar-refractivity contribution in [3.8, 4) is 0 Å². The molecule has 25 heavy (non-hydrogen) atoms. The van der Waals surface area contributed by atoms with Crippen LogP contribution in [0.25, 0.3) is 0 Å². The summed E-state index contributed by atoms with van der Waals surface area (Å²) in [6.07, 6.45) is 5.20. The van der Waals surface area contributed by atoms with E-state index in [1.54, 1.807) is 4.90 Å². The molecule has 0 aromatic heterocycles. The number of anilines is 1. The Bertz CT molecular complexity index is 696. The summed E-state index contributed by atoms with van der Waals surface area (Å²) in [5.41, 5.74) is 1.64. The zero-order valence-electron chi connectivity index (χ0n) is 14.2. The fourth-order valence-corrected chi connectivity index (χ4v) is 4.01. The van der Waals surface area contributed by atoms with Crippen molar-refractivity contribution in [2.45, 2.75) is 44.2 Å². The minimum absolute atomic E-state index is 0.0358. The first kappa shape index (κ1) is 15.9. The second kappa shape index (κ2) is 6.71. The zero-order valence-corrected chi connectivity index (χ0v) is 14.2. The van der Waals surface area contributed by atoms with Crippen LogP contribution in [-0.4, -0.2) is 22.9 Å². The highest BCUT2D eigenvalue weighted by Gasteiger charge is 2.49. The fraction of sp³-hybridized carbons (Fsp3) is 0.333. The van der Waals surface area contributed by atoms with Crippen LogP contribution in [-0.2, 0) is 4.79 Å². The van der Waals surface area contributed by atoms with Gasteiger partial charge in [0, 0.05) is 11.7 Å². The molecule has 4 rings (SSSR count). The third kappa shape index (κ3) is 2.82. The summed E-state index contributed by atoms with van der Waals surface area (Å²) in [6, 6.07) is 18.4. The molecule has 1 atom stereocenters. The Morgan fingerprint density at radius 3 is 1.96 bits per heavy atom. The molecular formula is C21H22N2O2. The van der Waals surface area contributed by atoms with Gasteiger partial charge >= 0.3 is 6.03 Å². The predicted octanol–water partition coefficient (Wildman–Crippen LogP) is 4.53. The SMILES string of the molecule is O=C1C(c2ccccc2)N(c2ccccc2)C(=O)N1C1CCCCC1. The Kier molecular flexibility index (Phi) is 4.26. The molecule has 4 nitrogen and oxygen atoms in total. The molecule has 2 aromatic carbocycles. The molecule has 2 fully saturated rings. The number of urea groups is 1. The van der Waals surface area contributed by atoms with Crippen LogP contribution < -0.4 is 4.90 Å². The molecule has 2 aromatic rings. The number of rotatable bonds is 3. The molecule has 1 aliphatic carbocycles. The molecule has 128 valence electrons. The van der Waals surface area contributed by atoms with Crippen molar-refractivity contribution >= 4 is 17.6 Å². The zero-order chi connectivity index (χ0) is 17.2. The third-order valence-corrected chi connectivity index (χ3v) is 5.23. The number of carbonyl (C=O) groups is 2. The van der Waals surface area contributed by atoms with Gasteiger partial charge in [0.25, 0.3) is 5.91 Å². The summed E-state index contributed by atoms with van der Waals surface area (Å²) in [4.78, 5) is 29.7. The normalized spacial score (nSPS) is 21.8. The molecule has 3 amide bonds. The molecule has 1 unspecified atom stereocenters. The van der Waals surface area contributed by atoms with Crippen molar-refractivity contribution in [2.75, 3.05) is 4.90 Å². The van der Waals surface area contributed by atoms with Gasteiger partial charge in [-0.1, -0.05) is 67.8 Å². The molecule has 0 radical (unpaired) electrons. The Morgan fingerprint density at radius 1 is 0.720 bits per heavy atom. The molecular weight excluding hydrogens is 312 g/mol. The topological polar surface area (TPSA) is 40.6 Å². The number of hydrogen-bond donors (Lipinski definition) is 0. The van der Waals surface area contributed by atoms with Crippen LogP contribution in [0.3, 0.4) is 0 Å². The number of nitrogens with zero attached hydrogens (tertiary/aromatic N) is 2. The summed E-state index contributed by atoms with van der Waals surface area (Å²) < 4.78 is 0. The highest BCUT2D eigenvalue weighted by Crippen LogP contribution is 2.38. The summed E-state index contributed by atoms with van der Waals surface area (Å²) in [7, 11) is 0. The smallest absolute Gasteiger partial charge is 0.277 e. The van der Waals surface area contributed by atoms with Crippen molar-refractivity contribution in [1.29, 1.82) is 0 Å². The van der Waals surface area contributed by atoms with Gasteiger partial charge in [-0.05, 0) is 30.5 Å². The van der Waals surface area contributed by atoms with Gasteiger partial charge in [-0.3, -0.25) is 14.6 Å². The van der Waals surface area contributed by atoms with E-state index < -0.39 is 6.04 Å². The van der Waals surface area contributed by atoms with E-state index in [1.807, 2.05) is 60.7 Å². The van der Waals surface area contributed by atoms with Crippen LogP contribution in [0.15, 0.2) is 60.7 Å². The second-order valence-corrected chi connectivity index (χ2v) is 6.80. The Balaban J connectivity index is 1.76. The largest absolute Gasteiger partial charge is 0.332 e. The van der Waals surface area contributed by atoms with E-state index in [1.165, 1.54) is 11.3 Å². The highest BCUT2D eigenvalue weighted by atomic mass is 16.2. The monoisotopic (exact) mass is 334 g/mol. The second-order valence-electron chi connectivity index (χ2n) is 6.80. The molecule has 1 aliphatic heterocycles. The standard InChI is InChI=1S/C21H22N2O2/c24-20-19(16-10-4-1-5-11-16)22(17-12-6-2-7-13-17)21(25)23(20)18-14-8-3-9-15-18/h1-2,4-7,10-13,18-19H,3,8-9,14-15H2. The number of benzene rings is 2. The number of carbonyl (C=O) groups excluding carboxylic acids is 2. The lowest BCUT2D eigenvalue weighted by molar-refractivity contribution is -0.129. The minimum Gasteiger partial charge on any atom is -0.277 e. The van der Waals surface area contributed by atoms with Crippen molar-refractivity contribution in [2.24, 2.45) is 0 Å². The maximum absolute atomic E-state index is 13.3. The van der Waals surface area contributed by atoms with E-state index >= 15 is 0 Å². The van der Waals surface area contributed by atoms with E-state index in [4.69, 9.17) is 0 Å². The van der Waals surface area contributed by atoms with Gasteiger partial charge in [-0.15, -0.1) is 0 Å². The van der Waals surface area contributed by atoms with Crippen molar-refractivity contribution in [3.05, 3.63) is 66.2 Å². The first-order valence-corrected chi connectivity index (χ1v) is 9.03. The molecule has 1 saturated carbocycles. The molecule has 2 aliphatic rings. The lowest BCUT2D eigenvalue weighted by Crippen LogP contribution is -2.42. The molecule has 0 bridgehead atoms. The lowest BCUT2D eigenvalue weighted by atomic mass is 9.94. The Labute approximate surface area is 148 Å². The summed E-state index contributed by atoms with van der Waals surface area (Å²) >= 11 is 0. The Morgan fingerprint density at radius 2 is 1.32 bits per heavy atom. The predicted molar refractivity (Wildman–Crippen MR) is 97.2 cm³/mol. The van der Waals surface area contributed by atoms with E-state index in [9.17, 15) is 9.59 Å². The average molecular weight is 334 g/mol. The maximum Gasteiger partial charge on any atom is 0.332 e. The van der Waals surface area contributed by atoms with Gasteiger partial charge in [0.2, 0.25) is 0 Å². The van der Waals surface area contributed by atoms with Crippen molar-refractivity contribution in [3.63, 3.8) is 0 Å². The van der Waals surface area contributed by atoms with Crippen LogP contribution >= 0.6 is 0 Å².